The number of rotatable bonds is 6. The number of amides is 1. The summed E-state index contributed by atoms with van der Waals surface area (Å²) in [6.07, 6.45) is -1.08. The Kier molecular flexibility index (Phi) is 5.81. The minimum absolute atomic E-state index is 0.0782. The van der Waals surface area contributed by atoms with Gasteiger partial charge in [0.1, 0.15) is 5.69 Å². The highest BCUT2D eigenvalue weighted by Crippen LogP contribution is 2.32. The van der Waals surface area contributed by atoms with Gasteiger partial charge in [-0.1, -0.05) is 6.07 Å². The molecule has 9 heteroatoms. The first kappa shape index (κ1) is 21.4. The zero-order chi connectivity index (χ0) is 22.7. The third-order valence-electron chi connectivity index (χ3n) is 4.95. The summed E-state index contributed by atoms with van der Waals surface area (Å²) in [5, 5.41) is 3.78. The number of hydrogen-bond donors (Lipinski definition) is 2. The van der Waals surface area contributed by atoms with Gasteiger partial charge in [0.05, 0.1) is 12.8 Å². The third-order valence-corrected chi connectivity index (χ3v) is 4.95. The molecule has 0 fully saturated rings. The fraction of sp³-hybridized carbons (Fsp3) is 0.174. The Morgan fingerprint density at radius 1 is 1.12 bits per heavy atom. The molecule has 0 saturated heterocycles. The minimum atomic E-state index is -4.58. The Morgan fingerprint density at radius 2 is 1.97 bits per heavy atom. The zero-order valence-electron chi connectivity index (χ0n) is 17.0. The quantitative estimate of drug-likeness (QED) is 0.431. The molecular weight excluding hydrogens is 421 g/mol. The smallest absolute Gasteiger partial charge is 0.433 e. The van der Waals surface area contributed by atoms with E-state index in [2.05, 4.69) is 20.3 Å². The maximum absolute atomic E-state index is 13.2. The van der Waals surface area contributed by atoms with E-state index in [1.54, 1.807) is 18.2 Å². The van der Waals surface area contributed by atoms with Gasteiger partial charge < -0.3 is 15.0 Å². The van der Waals surface area contributed by atoms with Gasteiger partial charge in [-0.2, -0.15) is 13.2 Å². The molecule has 0 unspecified atom stereocenters. The van der Waals surface area contributed by atoms with Crippen molar-refractivity contribution in [2.24, 2.45) is 0 Å². The number of halogens is 3. The number of nitrogens with one attached hydrogen (secondary N) is 2. The highest BCUT2D eigenvalue weighted by molar-refractivity contribution is 5.94. The number of nitrogens with zero attached hydrogens (tertiary/aromatic N) is 2. The second-order valence-electron chi connectivity index (χ2n) is 7.12. The number of pyridine rings is 2. The number of carbonyl (C=O) groups excluding carboxylic acids is 1. The van der Waals surface area contributed by atoms with Crippen molar-refractivity contribution in [2.45, 2.75) is 19.0 Å². The van der Waals surface area contributed by atoms with Crippen LogP contribution in [0.3, 0.4) is 0 Å². The number of aromatic nitrogens is 3. The number of alkyl halides is 3. The predicted molar refractivity (Wildman–Crippen MR) is 114 cm³/mol. The van der Waals surface area contributed by atoms with Gasteiger partial charge in [-0.15, -0.1) is 0 Å². The van der Waals surface area contributed by atoms with Crippen LogP contribution in [0, 0.1) is 0 Å². The first-order chi connectivity index (χ1) is 15.3. The van der Waals surface area contributed by atoms with Crippen molar-refractivity contribution in [1.82, 2.24) is 15.0 Å². The van der Waals surface area contributed by atoms with Crippen molar-refractivity contribution < 1.29 is 22.7 Å². The number of aromatic amines is 1. The van der Waals surface area contributed by atoms with Crippen LogP contribution in [0.25, 0.3) is 22.2 Å². The van der Waals surface area contributed by atoms with E-state index in [-0.39, 0.29) is 24.4 Å². The van der Waals surface area contributed by atoms with Crippen LogP contribution in [0.1, 0.15) is 17.7 Å². The Labute approximate surface area is 181 Å². The number of fused-ring (bicyclic) bond motifs is 1. The van der Waals surface area contributed by atoms with E-state index in [9.17, 15) is 18.0 Å². The van der Waals surface area contributed by atoms with Gasteiger partial charge in [0.2, 0.25) is 11.8 Å². The van der Waals surface area contributed by atoms with E-state index >= 15 is 0 Å². The van der Waals surface area contributed by atoms with Crippen LogP contribution < -0.4 is 10.1 Å². The lowest BCUT2D eigenvalue weighted by atomic mass is 10.0. The lowest BCUT2D eigenvalue weighted by Gasteiger charge is -2.13. The number of H-pyrrole nitrogens is 1. The summed E-state index contributed by atoms with van der Waals surface area (Å²) in [6, 6.07) is 12.8. The number of benzene rings is 1. The molecule has 4 aromatic rings. The Bertz CT molecular complexity index is 1250. The second kappa shape index (κ2) is 8.70. The van der Waals surface area contributed by atoms with Crippen LogP contribution in [0.2, 0.25) is 0 Å². The molecule has 164 valence electrons. The number of carbonyl (C=O) groups is 1. The molecule has 4 rings (SSSR count). The molecule has 0 radical (unpaired) electrons. The summed E-state index contributed by atoms with van der Waals surface area (Å²) in [6.45, 7) is 0. The number of ether oxygens (including phenoxy) is 1. The van der Waals surface area contributed by atoms with Crippen LogP contribution >= 0.6 is 0 Å². The molecule has 1 aromatic carbocycles. The first-order valence-electron chi connectivity index (χ1n) is 9.78. The van der Waals surface area contributed by atoms with Gasteiger partial charge in [0.15, 0.2) is 0 Å². The summed E-state index contributed by atoms with van der Waals surface area (Å²) in [7, 11) is 1.45. The van der Waals surface area contributed by atoms with Gasteiger partial charge >= 0.3 is 6.18 Å². The average molecular weight is 440 g/mol. The number of hydrogen-bond acceptors (Lipinski definition) is 4. The van der Waals surface area contributed by atoms with Gasteiger partial charge in [0.25, 0.3) is 0 Å². The van der Waals surface area contributed by atoms with Crippen molar-refractivity contribution in [3.63, 3.8) is 0 Å². The topological polar surface area (TPSA) is 79.9 Å². The number of anilines is 1. The lowest BCUT2D eigenvalue weighted by molar-refractivity contribution is -0.141. The molecule has 0 aliphatic rings. The molecule has 0 atom stereocenters. The van der Waals surface area contributed by atoms with Gasteiger partial charge in [-0.3, -0.25) is 4.79 Å². The molecule has 0 bridgehead atoms. The Hall–Kier alpha value is -3.88. The Balaban J connectivity index is 1.54. The molecule has 6 nitrogen and oxygen atoms in total. The second-order valence-corrected chi connectivity index (χ2v) is 7.12. The summed E-state index contributed by atoms with van der Waals surface area (Å²) < 4.78 is 44.6. The molecular formula is C23H19F3N4O2. The monoisotopic (exact) mass is 440 g/mol. The van der Waals surface area contributed by atoms with Crippen molar-refractivity contribution in [3.05, 3.63) is 72.2 Å². The van der Waals surface area contributed by atoms with Gasteiger partial charge in [-0.25, -0.2) is 9.97 Å². The molecule has 1 amide bonds. The van der Waals surface area contributed by atoms with Crippen LogP contribution in [-0.4, -0.2) is 28.0 Å². The average Bonchev–Trinajstić information content (AvgIpc) is 3.25. The fourth-order valence-electron chi connectivity index (χ4n) is 3.34. The standard InChI is InChI=1S/C23H19F3N4O2/c1-32-21-9-4-16(13-28-21)22-14(2-7-19(30-22)23(24,25)26)3-8-20(31)29-17-5-6-18-15(12-17)10-11-27-18/h2,4-7,9-13,27H,3,8H2,1H3,(H,29,31). The van der Waals surface area contributed by atoms with E-state index in [1.807, 2.05) is 24.4 Å². The SMILES string of the molecule is COc1ccc(-c2nc(C(F)(F)F)ccc2CCC(=O)Nc2ccc3[nH]ccc3c2)cn1. The van der Waals surface area contributed by atoms with E-state index < -0.39 is 11.9 Å². The summed E-state index contributed by atoms with van der Waals surface area (Å²) in [5.41, 5.74) is 1.66. The van der Waals surface area contributed by atoms with Crippen molar-refractivity contribution in [1.29, 1.82) is 0 Å². The molecule has 3 heterocycles. The lowest BCUT2D eigenvalue weighted by Crippen LogP contribution is -2.14. The van der Waals surface area contributed by atoms with Crippen molar-refractivity contribution >= 4 is 22.5 Å². The summed E-state index contributed by atoms with van der Waals surface area (Å²) >= 11 is 0. The van der Waals surface area contributed by atoms with E-state index in [1.165, 1.54) is 19.4 Å². The molecule has 2 N–H and O–H groups in total. The number of methoxy groups -OCH3 is 1. The number of aryl methyl sites for hydroxylation is 1. The molecule has 0 spiro atoms. The third kappa shape index (κ3) is 4.72. The zero-order valence-corrected chi connectivity index (χ0v) is 17.0. The fourth-order valence-corrected chi connectivity index (χ4v) is 3.34. The van der Waals surface area contributed by atoms with Crippen LogP contribution in [0.15, 0.2) is 60.9 Å². The predicted octanol–water partition coefficient (Wildman–Crippen LogP) is 5.22. The molecule has 0 aliphatic carbocycles. The molecule has 0 saturated carbocycles. The maximum Gasteiger partial charge on any atom is 0.433 e. The maximum atomic E-state index is 13.2. The van der Waals surface area contributed by atoms with Gasteiger partial charge in [0, 0.05) is 47.0 Å². The van der Waals surface area contributed by atoms with Crippen LogP contribution in [-0.2, 0) is 17.4 Å². The molecule has 0 aliphatic heterocycles. The highest BCUT2D eigenvalue weighted by Gasteiger charge is 2.33. The first-order valence-corrected chi connectivity index (χ1v) is 9.78. The van der Waals surface area contributed by atoms with E-state index in [4.69, 9.17) is 4.74 Å². The normalized spacial score (nSPS) is 11.5. The highest BCUT2D eigenvalue weighted by atomic mass is 19.4. The largest absolute Gasteiger partial charge is 0.481 e. The van der Waals surface area contributed by atoms with Crippen molar-refractivity contribution in [3.8, 4) is 17.1 Å². The summed E-state index contributed by atoms with van der Waals surface area (Å²) in [5.74, 6) is 0.0830. The van der Waals surface area contributed by atoms with Crippen LogP contribution in [0.5, 0.6) is 5.88 Å². The van der Waals surface area contributed by atoms with E-state index in [0.29, 0.717) is 22.7 Å². The van der Waals surface area contributed by atoms with Crippen LogP contribution in [0.4, 0.5) is 18.9 Å². The van der Waals surface area contributed by atoms with Gasteiger partial charge in [-0.05, 0) is 48.4 Å². The minimum Gasteiger partial charge on any atom is -0.481 e. The van der Waals surface area contributed by atoms with Crippen molar-refractivity contribution in [2.75, 3.05) is 12.4 Å². The molecule has 32 heavy (non-hydrogen) atoms. The van der Waals surface area contributed by atoms with E-state index in [0.717, 1.165) is 17.0 Å². The Morgan fingerprint density at radius 3 is 2.69 bits per heavy atom. The molecule has 3 aromatic heterocycles. The summed E-state index contributed by atoms with van der Waals surface area (Å²) in [4.78, 5) is 23.4.